The van der Waals surface area contributed by atoms with Crippen molar-refractivity contribution in [3.05, 3.63) is 149 Å². The highest BCUT2D eigenvalue weighted by atomic mass is 32.1. The van der Waals surface area contributed by atoms with Crippen LogP contribution in [0.2, 0.25) is 0 Å². The van der Waals surface area contributed by atoms with Crippen LogP contribution in [-0.2, 0) is 27.1 Å². The maximum atomic E-state index is 7.25. The Hall–Kier alpha value is -6.34. The Kier molecular flexibility index (Phi) is 8.28. The van der Waals surface area contributed by atoms with Crippen LogP contribution in [0.25, 0.3) is 101 Å². The van der Waals surface area contributed by atoms with Crippen LogP contribution in [0.4, 0.5) is 11.4 Å². The molecule has 8 aromatic carbocycles. The molecule has 2 aliphatic heterocycles. The number of benzene rings is 8. The molecule has 0 atom stereocenters. The van der Waals surface area contributed by atoms with Gasteiger partial charge >= 0.3 is 6.85 Å². The molecular formula is C68H61BN2OS2. The van der Waals surface area contributed by atoms with Gasteiger partial charge in [-0.2, -0.15) is 0 Å². The summed E-state index contributed by atoms with van der Waals surface area (Å²) in [6, 6.07) is 48.4. The molecule has 3 nitrogen and oxygen atoms in total. The molecule has 4 aromatic heterocycles. The van der Waals surface area contributed by atoms with Crippen molar-refractivity contribution in [3.8, 4) is 16.8 Å². The lowest BCUT2D eigenvalue weighted by Gasteiger charge is -2.42. The van der Waals surface area contributed by atoms with Crippen molar-refractivity contribution in [1.82, 2.24) is 4.57 Å². The van der Waals surface area contributed by atoms with Crippen molar-refractivity contribution in [2.75, 3.05) is 4.81 Å². The standard InChI is InChI=1S/C68H61BN2OS2/c1-64(2,3)36-20-22-37(23-21-36)71-51-30-41-40-28-45-48(68(10,11)27-25-65(45,4)5)34-54(40)72-53(41)32-44(51)58-59-39-17-13-15-19-56(39)74-63(59)60-43-29-46-47(67(8,9)26-24-66(46,6)7)33-50(43)70-52-31-42-38-16-12-14-18-55(38)73-57(42)35-49(52)69(71)61(58)62(60)70/h12-23,28-35H,24-27H2,1-11H3. The van der Waals surface area contributed by atoms with Gasteiger partial charge in [-0.3, -0.25) is 0 Å². The van der Waals surface area contributed by atoms with E-state index in [1.54, 1.807) is 0 Å². The maximum absolute atomic E-state index is 7.25. The average molecular weight is 997 g/mol. The molecule has 6 heterocycles. The maximum Gasteiger partial charge on any atom is 0.333 e. The van der Waals surface area contributed by atoms with E-state index in [1.165, 1.54) is 159 Å². The minimum Gasteiger partial charge on any atom is -0.456 e. The van der Waals surface area contributed by atoms with E-state index in [4.69, 9.17) is 4.42 Å². The second-order valence-corrected chi connectivity index (χ2v) is 28.7. The number of hydrogen-bond acceptors (Lipinski definition) is 4. The minimum absolute atomic E-state index is 0.0134. The summed E-state index contributed by atoms with van der Waals surface area (Å²) < 4.78 is 15.4. The fourth-order valence-electron chi connectivity index (χ4n) is 14.8. The van der Waals surface area contributed by atoms with E-state index in [0.717, 1.165) is 17.6 Å². The van der Waals surface area contributed by atoms with Gasteiger partial charge in [0.05, 0.1) is 11.0 Å². The Morgan fingerprint density at radius 1 is 0.514 bits per heavy atom. The fourth-order valence-corrected chi connectivity index (χ4v) is 17.2. The van der Waals surface area contributed by atoms with E-state index in [-0.39, 0.29) is 33.9 Å². The van der Waals surface area contributed by atoms with Gasteiger partial charge in [0.2, 0.25) is 0 Å². The molecule has 0 spiro atoms. The van der Waals surface area contributed by atoms with Gasteiger partial charge in [-0.25, -0.2) is 0 Å². The lowest BCUT2D eigenvalue weighted by atomic mass is 9.43. The molecule has 0 saturated carbocycles. The monoisotopic (exact) mass is 996 g/mol. The summed E-state index contributed by atoms with van der Waals surface area (Å²) in [5.74, 6) is 0. The molecule has 364 valence electrons. The van der Waals surface area contributed by atoms with Crippen molar-refractivity contribution in [2.45, 2.75) is 129 Å². The first-order chi connectivity index (χ1) is 35.3. The van der Waals surface area contributed by atoms with Crippen LogP contribution in [-0.4, -0.2) is 11.4 Å². The van der Waals surface area contributed by atoms with Gasteiger partial charge in [0.1, 0.15) is 11.2 Å². The molecule has 0 N–H and O–H groups in total. The van der Waals surface area contributed by atoms with E-state index in [1.807, 2.05) is 22.7 Å². The molecule has 0 bridgehead atoms. The molecule has 74 heavy (non-hydrogen) atoms. The van der Waals surface area contributed by atoms with Crippen LogP contribution in [0.5, 0.6) is 0 Å². The second kappa shape index (κ2) is 13.9. The van der Waals surface area contributed by atoms with E-state index in [2.05, 4.69) is 207 Å². The zero-order chi connectivity index (χ0) is 50.5. The summed E-state index contributed by atoms with van der Waals surface area (Å²) in [5, 5.41) is 10.6. The number of furan rings is 1. The number of thiophene rings is 2. The Morgan fingerprint density at radius 3 is 1.76 bits per heavy atom. The van der Waals surface area contributed by atoms with Crippen molar-refractivity contribution >= 4 is 136 Å². The van der Waals surface area contributed by atoms with Gasteiger partial charge in [0, 0.05) is 84.5 Å². The lowest BCUT2D eigenvalue weighted by Crippen LogP contribution is -2.60. The SMILES string of the molecule is CC(C)(C)c1ccc(N2B3c4cc5sc6ccccc6c5cc4-n4c5cc6c(cc5c5c7sc8ccccc8c7c(c3c54)-c3cc4oc5cc7c(cc5c4cc32)C(C)(C)CCC7(C)C)C(C)(C)CCC6(C)C)cc1. The first kappa shape index (κ1) is 44.0. The summed E-state index contributed by atoms with van der Waals surface area (Å²) in [4.78, 5) is 2.75. The number of fused-ring (bicyclic) bond motifs is 21. The first-order valence-corrected chi connectivity index (χ1v) is 28.8. The number of nitrogens with zero attached hydrogens (tertiary/aromatic N) is 2. The molecule has 2 aliphatic carbocycles. The van der Waals surface area contributed by atoms with Crippen LogP contribution in [0.3, 0.4) is 0 Å². The molecule has 0 amide bonds. The molecule has 0 unspecified atom stereocenters. The Balaban J connectivity index is 1.13. The molecule has 0 fully saturated rings. The molecule has 4 aliphatic rings. The zero-order valence-corrected chi connectivity index (χ0v) is 46.2. The van der Waals surface area contributed by atoms with Gasteiger partial charge in [0.25, 0.3) is 0 Å². The third kappa shape index (κ3) is 5.59. The van der Waals surface area contributed by atoms with Crippen molar-refractivity contribution in [1.29, 1.82) is 0 Å². The molecule has 6 heteroatoms. The normalized spacial score (nSPS) is 18.1. The second-order valence-electron chi connectivity index (χ2n) is 26.5. The summed E-state index contributed by atoms with van der Waals surface area (Å²) in [6.45, 7) is 26.5. The van der Waals surface area contributed by atoms with Gasteiger partial charge < -0.3 is 13.8 Å². The predicted octanol–water partition coefficient (Wildman–Crippen LogP) is 18.7. The van der Waals surface area contributed by atoms with E-state index in [0.29, 0.717) is 0 Å². The molecule has 12 aromatic rings. The quantitative estimate of drug-likeness (QED) is 0.153. The fraction of sp³-hybridized carbons (Fsp3) is 0.294. The van der Waals surface area contributed by atoms with Crippen molar-refractivity contribution in [3.63, 3.8) is 0 Å². The van der Waals surface area contributed by atoms with E-state index in [9.17, 15) is 0 Å². The van der Waals surface area contributed by atoms with Gasteiger partial charge in [0.15, 0.2) is 0 Å². The Bertz CT molecular complexity index is 4540. The molecule has 0 saturated heterocycles. The highest BCUT2D eigenvalue weighted by Gasteiger charge is 2.48. The number of anilines is 2. The molecule has 16 rings (SSSR count). The Labute approximate surface area is 441 Å². The number of rotatable bonds is 1. The van der Waals surface area contributed by atoms with E-state index >= 15 is 0 Å². The third-order valence-electron chi connectivity index (χ3n) is 19.2. The summed E-state index contributed by atoms with van der Waals surface area (Å²) in [6.07, 6.45) is 4.68. The first-order valence-electron chi connectivity index (χ1n) is 27.2. The molecule has 0 radical (unpaired) electrons. The van der Waals surface area contributed by atoms with Crippen LogP contribution >= 0.6 is 22.7 Å². The summed E-state index contributed by atoms with van der Waals surface area (Å²) >= 11 is 3.93. The van der Waals surface area contributed by atoms with Crippen molar-refractivity contribution in [2.24, 2.45) is 0 Å². The van der Waals surface area contributed by atoms with E-state index < -0.39 is 0 Å². The predicted molar refractivity (Wildman–Crippen MR) is 322 cm³/mol. The Morgan fingerprint density at radius 2 is 1.08 bits per heavy atom. The summed E-state index contributed by atoms with van der Waals surface area (Å²) in [5.41, 5.74) is 21.2. The van der Waals surface area contributed by atoms with Crippen LogP contribution in [0.1, 0.15) is 130 Å². The highest BCUT2D eigenvalue weighted by Crippen LogP contribution is 2.57. The van der Waals surface area contributed by atoms with Crippen molar-refractivity contribution < 1.29 is 4.42 Å². The zero-order valence-electron chi connectivity index (χ0n) is 44.6. The topological polar surface area (TPSA) is 21.3 Å². The lowest BCUT2D eigenvalue weighted by molar-refractivity contribution is 0.332. The third-order valence-corrected chi connectivity index (χ3v) is 21.6. The van der Waals surface area contributed by atoms with Gasteiger partial charge in [-0.05, 0) is 170 Å². The largest absolute Gasteiger partial charge is 0.456 e. The molecular weight excluding hydrogens is 936 g/mol. The van der Waals surface area contributed by atoms with Crippen LogP contribution in [0.15, 0.2) is 126 Å². The average Bonchev–Trinajstić information content (AvgIpc) is 4.23. The summed E-state index contributed by atoms with van der Waals surface area (Å²) in [7, 11) is 0. The minimum atomic E-state index is -0.129. The smallest absolute Gasteiger partial charge is 0.333 e. The number of aromatic nitrogens is 1. The van der Waals surface area contributed by atoms with Crippen LogP contribution in [0, 0.1) is 0 Å². The van der Waals surface area contributed by atoms with Crippen LogP contribution < -0.4 is 15.7 Å². The number of hydrogen-bond donors (Lipinski definition) is 0. The highest BCUT2D eigenvalue weighted by molar-refractivity contribution is 7.27. The van der Waals surface area contributed by atoms with Gasteiger partial charge in [-0.15, -0.1) is 22.7 Å². The van der Waals surface area contributed by atoms with Gasteiger partial charge in [-0.1, -0.05) is 125 Å².